The standard InChI is InChI=1S/C12H10ClN3O2S/c13-8-3-1-7(2-4-8)9(17)6-19-12-15-10(14)5-11(18)16-12/h1-5H,6H2,(H3,14,15,16,18). The third-order valence-corrected chi connectivity index (χ3v) is 3.37. The summed E-state index contributed by atoms with van der Waals surface area (Å²) in [4.78, 5) is 29.5. The zero-order chi connectivity index (χ0) is 13.8. The molecular weight excluding hydrogens is 286 g/mol. The number of benzene rings is 1. The lowest BCUT2D eigenvalue weighted by Crippen LogP contribution is -2.10. The molecule has 19 heavy (non-hydrogen) atoms. The van der Waals surface area contributed by atoms with Gasteiger partial charge in [-0.15, -0.1) is 0 Å². The van der Waals surface area contributed by atoms with Gasteiger partial charge >= 0.3 is 0 Å². The first-order valence-corrected chi connectivity index (χ1v) is 6.69. The quantitative estimate of drug-likeness (QED) is 0.511. The fourth-order valence-corrected chi connectivity index (χ4v) is 2.28. The Hall–Kier alpha value is -1.79. The highest BCUT2D eigenvalue weighted by Crippen LogP contribution is 2.16. The lowest BCUT2D eigenvalue weighted by molar-refractivity contribution is 0.102. The van der Waals surface area contributed by atoms with Crippen LogP contribution >= 0.6 is 23.4 Å². The van der Waals surface area contributed by atoms with Gasteiger partial charge in [0.05, 0.1) is 5.75 Å². The van der Waals surface area contributed by atoms with E-state index >= 15 is 0 Å². The number of carbonyl (C=O) groups is 1. The Balaban J connectivity index is 2.04. The normalized spacial score (nSPS) is 10.4. The van der Waals surface area contributed by atoms with E-state index in [1.54, 1.807) is 24.3 Å². The van der Waals surface area contributed by atoms with E-state index in [1.165, 1.54) is 6.07 Å². The summed E-state index contributed by atoms with van der Waals surface area (Å²) in [5.74, 6) is 0.213. The summed E-state index contributed by atoms with van der Waals surface area (Å²) in [6.45, 7) is 0. The van der Waals surface area contributed by atoms with Crippen molar-refractivity contribution in [2.45, 2.75) is 5.16 Å². The van der Waals surface area contributed by atoms with Crippen LogP contribution < -0.4 is 11.3 Å². The number of aromatic amines is 1. The monoisotopic (exact) mass is 295 g/mol. The van der Waals surface area contributed by atoms with Crippen molar-refractivity contribution in [1.82, 2.24) is 9.97 Å². The summed E-state index contributed by atoms with van der Waals surface area (Å²) in [5, 5.41) is 0.901. The van der Waals surface area contributed by atoms with Crippen LogP contribution in [-0.4, -0.2) is 21.5 Å². The largest absolute Gasteiger partial charge is 0.383 e. The van der Waals surface area contributed by atoms with Crippen LogP contribution in [0.3, 0.4) is 0 Å². The van der Waals surface area contributed by atoms with Crippen molar-refractivity contribution in [3.63, 3.8) is 0 Å². The van der Waals surface area contributed by atoms with E-state index in [-0.39, 0.29) is 22.9 Å². The number of anilines is 1. The molecule has 1 aromatic heterocycles. The van der Waals surface area contributed by atoms with Gasteiger partial charge in [-0.2, -0.15) is 0 Å². The van der Waals surface area contributed by atoms with Crippen LogP contribution in [0.15, 0.2) is 40.3 Å². The van der Waals surface area contributed by atoms with Crippen molar-refractivity contribution in [2.24, 2.45) is 0 Å². The minimum absolute atomic E-state index is 0.0771. The van der Waals surface area contributed by atoms with E-state index in [9.17, 15) is 9.59 Å². The summed E-state index contributed by atoms with van der Waals surface area (Å²) < 4.78 is 0. The number of nitrogens with zero attached hydrogens (tertiary/aromatic N) is 1. The van der Waals surface area contributed by atoms with E-state index in [4.69, 9.17) is 17.3 Å². The number of nitrogen functional groups attached to an aromatic ring is 1. The summed E-state index contributed by atoms with van der Waals surface area (Å²) in [5.41, 5.74) is 5.67. The highest BCUT2D eigenvalue weighted by atomic mass is 35.5. The molecule has 0 aliphatic rings. The maximum atomic E-state index is 11.9. The summed E-state index contributed by atoms with van der Waals surface area (Å²) in [7, 11) is 0. The number of nitrogens with one attached hydrogen (secondary N) is 1. The van der Waals surface area contributed by atoms with Gasteiger partial charge < -0.3 is 10.7 Å². The van der Waals surface area contributed by atoms with Gasteiger partial charge in [-0.25, -0.2) is 4.98 Å². The molecule has 0 bridgehead atoms. The molecule has 0 spiro atoms. The van der Waals surface area contributed by atoms with E-state index < -0.39 is 0 Å². The molecule has 0 unspecified atom stereocenters. The Bertz CT molecular complexity index is 655. The summed E-state index contributed by atoms with van der Waals surface area (Å²) in [6.07, 6.45) is 0. The third-order valence-electron chi connectivity index (χ3n) is 2.25. The molecule has 0 atom stereocenters. The first-order valence-electron chi connectivity index (χ1n) is 5.33. The lowest BCUT2D eigenvalue weighted by atomic mass is 10.1. The van der Waals surface area contributed by atoms with Crippen LogP contribution in [0.4, 0.5) is 5.82 Å². The average Bonchev–Trinajstić information content (AvgIpc) is 2.36. The number of carbonyl (C=O) groups excluding carboxylic acids is 1. The number of hydrogen-bond acceptors (Lipinski definition) is 5. The number of Topliss-reactive ketones (excluding diaryl/α,β-unsaturated/α-hetero) is 1. The molecule has 2 aromatic rings. The number of hydrogen-bond donors (Lipinski definition) is 2. The Kier molecular flexibility index (Phi) is 4.24. The van der Waals surface area contributed by atoms with Crippen LogP contribution in [-0.2, 0) is 0 Å². The van der Waals surface area contributed by atoms with Crippen molar-refractivity contribution in [1.29, 1.82) is 0 Å². The molecule has 1 aromatic carbocycles. The van der Waals surface area contributed by atoms with Gasteiger partial charge in [0.25, 0.3) is 5.56 Å². The molecular formula is C12H10ClN3O2S. The highest BCUT2D eigenvalue weighted by Gasteiger charge is 2.08. The molecule has 0 fully saturated rings. The van der Waals surface area contributed by atoms with Crippen LogP contribution in [0.25, 0.3) is 0 Å². The number of thioether (sulfide) groups is 1. The second kappa shape index (κ2) is 5.90. The maximum absolute atomic E-state index is 11.9. The van der Waals surface area contributed by atoms with Crippen molar-refractivity contribution in [3.05, 3.63) is 51.3 Å². The molecule has 0 saturated carbocycles. The number of H-pyrrole nitrogens is 1. The van der Waals surface area contributed by atoms with Crippen LogP contribution in [0.5, 0.6) is 0 Å². The van der Waals surface area contributed by atoms with Gasteiger partial charge in [-0.1, -0.05) is 23.4 Å². The number of halogens is 1. The minimum Gasteiger partial charge on any atom is -0.383 e. The molecule has 0 saturated heterocycles. The van der Waals surface area contributed by atoms with Crippen molar-refractivity contribution in [3.8, 4) is 0 Å². The van der Waals surface area contributed by atoms with Gasteiger partial charge in [0, 0.05) is 16.7 Å². The van der Waals surface area contributed by atoms with E-state index in [2.05, 4.69) is 9.97 Å². The predicted octanol–water partition coefficient (Wildman–Crippen LogP) is 1.98. The van der Waals surface area contributed by atoms with Crippen LogP contribution in [0.1, 0.15) is 10.4 Å². The van der Waals surface area contributed by atoms with E-state index in [1.807, 2.05) is 0 Å². The third kappa shape index (κ3) is 3.84. The summed E-state index contributed by atoms with van der Waals surface area (Å²) in [6, 6.07) is 7.80. The molecule has 3 N–H and O–H groups in total. The number of aromatic nitrogens is 2. The fourth-order valence-electron chi connectivity index (χ4n) is 1.37. The van der Waals surface area contributed by atoms with Gasteiger partial charge in [-0.3, -0.25) is 9.59 Å². The number of rotatable bonds is 4. The molecule has 0 aliphatic carbocycles. The number of nitrogens with two attached hydrogens (primary N) is 1. The minimum atomic E-state index is -0.339. The Morgan fingerprint density at radius 2 is 2.05 bits per heavy atom. The molecule has 0 aliphatic heterocycles. The van der Waals surface area contributed by atoms with Crippen molar-refractivity contribution < 1.29 is 4.79 Å². The topological polar surface area (TPSA) is 88.8 Å². The van der Waals surface area contributed by atoms with Gasteiger partial charge in [0.15, 0.2) is 10.9 Å². The van der Waals surface area contributed by atoms with Gasteiger partial charge in [0.2, 0.25) is 0 Å². The van der Waals surface area contributed by atoms with Crippen LogP contribution in [0, 0.1) is 0 Å². The SMILES string of the molecule is Nc1cc(=O)[nH]c(SCC(=O)c2ccc(Cl)cc2)n1. The van der Waals surface area contributed by atoms with Crippen molar-refractivity contribution in [2.75, 3.05) is 11.5 Å². The lowest BCUT2D eigenvalue weighted by Gasteiger charge is -2.02. The second-order valence-corrected chi connectivity index (χ2v) is 5.09. The summed E-state index contributed by atoms with van der Waals surface area (Å²) >= 11 is 6.87. The van der Waals surface area contributed by atoms with E-state index in [0.29, 0.717) is 15.7 Å². The molecule has 1 heterocycles. The molecule has 0 radical (unpaired) electrons. The second-order valence-electron chi connectivity index (χ2n) is 3.69. The molecule has 7 heteroatoms. The van der Waals surface area contributed by atoms with Gasteiger partial charge in [0.1, 0.15) is 5.82 Å². The Labute approximate surface area is 118 Å². The number of ketones is 1. The first kappa shape index (κ1) is 13.6. The maximum Gasteiger partial charge on any atom is 0.253 e. The average molecular weight is 296 g/mol. The zero-order valence-corrected chi connectivity index (χ0v) is 11.3. The van der Waals surface area contributed by atoms with Crippen LogP contribution in [0.2, 0.25) is 5.02 Å². The van der Waals surface area contributed by atoms with Crippen molar-refractivity contribution >= 4 is 35.0 Å². The van der Waals surface area contributed by atoms with E-state index in [0.717, 1.165) is 11.8 Å². The molecule has 2 rings (SSSR count). The Morgan fingerprint density at radius 3 is 2.68 bits per heavy atom. The Morgan fingerprint density at radius 1 is 1.37 bits per heavy atom. The smallest absolute Gasteiger partial charge is 0.253 e. The molecule has 0 amide bonds. The fraction of sp³-hybridized carbons (Fsp3) is 0.0833. The highest BCUT2D eigenvalue weighted by molar-refractivity contribution is 7.99. The zero-order valence-electron chi connectivity index (χ0n) is 9.72. The first-order chi connectivity index (χ1) is 9.04. The molecule has 98 valence electrons. The predicted molar refractivity (Wildman–Crippen MR) is 75.8 cm³/mol. The molecule has 5 nitrogen and oxygen atoms in total. The van der Waals surface area contributed by atoms with Gasteiger partial charge in [-0.05, 0) is 24.3 Å².